The van der Waals surface area contributed by atoms with Gasteiger partial charge >= 0.3 is 0 Å². The zero-order valence-corrected chi connectivity index (χ0v) is 11.7. The summed E-state index contributed by atoms with van der Waals surface area (Å²) in [6.45, 7) is 3.86. The van der Waals surface area contributed by atoms with Crippen LogP contribution in [0.4, 0.5) is 0 Å². The number of rotatable bonds is 4. The normalized spacial score (nSPS) is 30.4. The Kier molecular flexibility index (Phi) is 5.01. The van der Waals surface area contributed by atoms with Gasteiger partial charge in [-0.2, -0.15) is 0 Å². The highest BCUT2D eigenvalue weighted by Crippen LogP contribution is 2.22. The van der Waals surface area contributed by atoms with Crippen molar-refractivity contribution in [2.75, 3.05) is 20.2 Å². The molecule has 1 N–H and O–H groups in total. The molecule has 0 aromatic heterocycles. The summed E-state index contributed by atoms with van der Waals surface area (Å²) in [5, 5.41) is 3.46. The van der Waals surface area contributed by atoms with Gasteiger partial charge in [0.15, 0.2) is 0 Å². The summed E-state index contributed by atoms with van der Waals surface area (Å²) >= 11 is 0. The van der Waals surface area contributed by atoms with Crippen LogP contribution in [0.2, 0.25) is 0 Å². The van der Waals surface area contributed by atoms with E-state index < -0.39 is 0 Å². The lowest BCUT2D eigenvalue weighted by Gasteiger charge is -2.31. The minimum absolute atomic E-state index is 0.0798. The second kappa shape index (κ2) is 6.53. The van der Waals surface area contributed by atoms with E-state index in [1.807, 2.05) is 11.8 Å². The highest BCUT2D eigenvalue weighted by Gasteiger charge is 2.31. The molecule has 4 heteroatoms. The molecule has 2 rings (SSSR count). The molecule has 0 bridgehead atoms. The van der Waals surface area contributed by atoms with Gasteiger partial charge in [0.25, 0.3) is 0 Å². The lowest BCUT2D eigenvalue weighted by Crippen LogP contribution is -2.51. The van der Waals surface area contributed by atoms with Crippen molar-refractivity contribution in [3.05, 3.63) is 0 Å². The van der Waals surface area contributed by atoms with Gasteiger partial charge in [-0.25, -0.2) is 0 Å². The fraction of sp³-hybridized carbons (Fsp3) is 0.929. The quantitative estimate of drug-likeness (QED) is 0.827. The molecule has 0 aromatic carbocycles. The first-order chi connectivity index (χ1) is 8.72. The minimum atomic E-state index is -0.0798. The second-order valence-corrected chi connectivity index (χ2v) is 5.59. The van der Waals surface area contributed by atoms with E-state index in [-0.39, 0.29) is 18.1 Å². The summed E-state index contributed by atoms with van der Waals surface area (Å²) in [4.78, 5) is 14.3. The average Bonchev–Trinajstić information content (AvgIpc) is 2.86. The molecular formula is C14H26N2O2. The van der Waals surface area contributed by atoms with Crippen LogP contribution in [0.5, 0.6) is 0 Å². The third-order valence-electron chi connectivity index (χ3n) is 4.26. The van der Waals surface area contributed by atoms with Crippen molar-refractivity contribution in [1.29, 1.82) is 0 Å². The van der Waals surface area contributed by atoms with E-state index >= 15 is 0 Å². The summed E-state index contributed by atoms with van der Waals surface area (Å²) in [6, 6.07) is 0.266. The summed E-state index contributed by atoms with van der Waals surface area (Å²) in [5.74, 6) is 0.261. The van der Waals surface area contributed by atoms with Crippen LogP contribution in [-0.2, 0) is 9.53 Å². The number of carbonyl (C=O) groups excluding carboxylic acids is 1. The molecule has 0 spiro atoms. The van der Waals surface area contributed by atoms with Crippen LogP contribution in [0.3, 0.4) is 0 Å². The standard InChI is InChI=1S/C14H26N2O2/c1-11(14(17)16-9-4-3-5-10-16)15-12-7-6-8-13(12)18-2/h11-13,15H,3-10H2,1-2H3. The Labute approximate surface area is 110 Å². The van der Waals surface area contributed by atoms with Crippen LogP contribution in [0.1, 0.15) is 45.4 Å². The van der Waals surface area contributed by atoms with E-state index in [1.165, 1.54) is 12.8 Å². The summed E-state index contributed by atoms with van der Waals surface area (Å²) in [6.07, 6.45) is 7.28. The molecule has 4 nitrogen and oxygen atoms in total. The van der Waals surface area contributed by atoms with Crippen molar-refractivity contribution >= 4 is 5.91 Å². The molecular weight excluding hydrogens is 228 g/mol. The van der Waals surface area contributed by atoms with Crippen LogP contribution in [0.25, 0.3) is 0 Å². The molecule has 1 aliphatic heterocycles. The number of likely N-dealkylation sites (tertiary alicyclic amines) is 1. The first-order valence-corrected chi connectivity index (χ1v) is 7.30. The van der Waals surface area contributed by atoms with Crippen molar-refractivity contribution in [3.8, 4) is 0 Å². The molecule has 1 amide bonds. The number of nitrogens with zero attached hydrogens (tertiary/aromatic N) is 1. The SMILES string of the molecule is COC1CCCC1NC(C)C(=O)N1CCCCC1. The van der Waals surface area contributed by atoms with Crippen molar-refractivity contribution in [3.63, 3.8) is 0 Å². The van der Waals surface area contributed by atoms with Crippen molar-refractivity contribution in [2.24, 2.45) is 0 Å². The van der Waals surface area contributed by atoms with Gasteiger partial charge in [0.05, 0.1) is 12.1 Å². The number of methoxy groups -OCH3 is 1. The number of ether oxygens (including phenoxy) is 1. The number of nitrogens with one attached hydrogen (secondary N) is 1. The monoisotopic (exact) mass is 254 g/mol. The summed E-state index contributed by atoms with van der Waals surface area (Å²) in [7, 11) is 1.77. The Hall–Kier alpha value is -0.610. The molecule has 2 aliphatic rings. The molecule has 1 aliphatic carbocycles. The predicted octanol–water partition coefficient (Wildman–Crippen LogP) is 1.54. The molecule has 2 fully saturated rings. The van der Waals surface area contributed by atoms with Crippen LogP contribution in [0, 0.1) is 0 Å². The zero-order valence-electron chi connectivity index (χ0n) is 11.7. The maximum atomic E-state index is 12.3. The molecule has 3 unspecified atom stereocenters. The van der Waals surface area contributed by atoms with E-state index in [0.717, 1.165) is 38.8 Å². The van der Waals surface area contributed by atoms with Crippen molar-refractivity contribution in [1.82, 2.24) is 10.2 Å². The number of amides is 1. The molecule has 1 saturated heterocycles. The minimum Gasteiger partial charge on any atom is -0.380 e. The van der Waals surface area contributed by atoms with Crippen LogP contribution in [0.15, 0.2) is 0 Å². The predicted molar refractivity (Wildman–Crippen MR) is 71.5 cm³/mol. The van der Waals surface area contributed by atoms with Gasteiger partial charge in [-0.15, -0.1) is 0 Å². The largest absolute Gasteiger partial charge is 0.380 e. The summed E-state index contributed by atoms with van der Waals surface area (Å²) < 4.78 is 5.46. The van der Waals surface area contributed by atoms with Gasteiger partial charge in [-0.05, 0) is 45.4 Å². The Morgan fingerprint density at radius 3 is 2.61 bits per heavy atom. The van der Waals surface area contributed by atoms with Crippen molar-refractivity contribution < 1.29 is 9.53 Å². The summed E-state index contributed by atoms with van der Waals surface area (Å²) in [5.41, 5.74) is 0. The molecule has 0 aromatic rings. The highest BCUT2D eigenvalue weighted by molar-refractivity contribution is 5.81. The van der Waals surface area contributed by atoms with E-state index in [9.17, 15) is 4.79 Å². The van der Waals surface area contributed by atoms with Crippen LogP contribution >= 0.6 is 0 Å². The average molecular weight is 254 g/mol. The molecule has 0 radical (unpaired) electrons. The second-order valence-electron chi connectivity index (χ2n) is 5.59. The first kappa shape index (κ1) is 13.8. The van der Waals surface area contributed by atoms with Crippen molar-refractivity contribution in [2.45, 2.75) is 63.6 Å². The van der Waals surface area contributed by atoms with E-state index in [4.69, 9.17) is 4.74 Å². The molecule has 18 heavy (non-hydrogen) atoms. The topological polar surface area (TPSA) is 41.6 Å². The van der Waals surface area contributed by atoms with Gasteiger partial charge in [0.1, 0.15) is 0 Å². The third-order valence-corrected chi connectivity index (χ3v) is 4.26. The van der Waals surface area contributed by atoms with Crippen LogP contribution < -0.4 is 5.32 Å². The van der Waals surface area contributed by atoms with Gasteiger partial charge in [0, 0.05) is 26.2 Å². The van der Waals surface area contributed by atoms with Gasteiger partial charge in [-0.1, -0.05) is 0 Å². The van der Waals surface area contributed by atoms with E-state index in [1.54, 1.807) is 7.11 Å². The fourth-order valence-corrected chi connectivity index (χ4v) is 3.18. The highest BCUT2D eigenvalue weighted by atomic mass is 16.5. The molecule has 104 valence electrons. The number of hydrogen-bond acceptors (Lipinski definition) is 3. The Morgan fingerprint density at radius 1 is 1.22 bits per heavy atom. The lowest BCUT2D eigenvalue weighted by atomic mass is 10.1. The maximum absolute atomic E-state index is 12.3. The van der Waals surface area contributed by atoms with E-state index in [0.29, 0.717) is 6.04 Å². The molecule has 3 atom stereocenters. The van der Waals surface area contributed by atoms with Gasteiger partial charge in [0.2, 0.25) is 5.91 Å². The number of piperidine rings is 1. The Bertz CT molecular complexity index is 277. The smallest absolute Gasteiger partial charge is 0.239 e. The number of carbonyl (C=O) groups is 1. The fourth-order valence-electron chi connectivity index (χ4n) is 3.18. The third kappa shape index (κ3) is 3.23. The van der Waals surface area contributed by atoms with E-state index in [2.05, 4.69) is 5.32 Å². The van der Waals surface area contributed by atoms with Gasteiger partial charge in [-0.3, -0.25) is 4.79 Å². The Balaban J connectivity index is 1.82. The Morgan fingerprint density at radius 2 is 1.94 bits per heavy atom. The zero-order chi connectivity index (χ0) is 13.0. The van der Waals surface area contributed by atoms with Crippen LogP contribution in [-0.4, -0.2) is 49.2 Å². The first-order valence-electron chi connectivity index (χ1n) is 7.30. The van der Waals surface area contributed by atoms with Gasteiger partial charge < -0.3 is 15.0 Å². The molecule has 1 saturated carbocycles. The maximum Gasteiger partial charge on any atom is 0.239 e. The molecule has 1 heterocycles. The lowest BCUT2D eigenvalue weighted by molar-refractivity contribution is -0.134. The number of hydrogen-bond donors (Lipinski definition) is 1.